The van der Waals surface area contributed by atoms with E-state index >= 15 is 0 Å². The molecule has 0 saturated carbocycles. The fourth-order valence-electron chi connectivity index (χ4n) is 2.39. The van der Waals surface area contributed by atoms with Gasteiger partial charge in [-0.15, -0.1) is 0 Å². The maximum Gasteiger partial charge on any atom is 0.266 e. The van der Waals surface area contributed by atoms with Crippen molar-refractivity contribution in [1.82, 2.24) is 0 Å². The molecule has 2 aromatic rings. The summed E-state index contributed by atoms with van der Waals surface area (Å²) in [6, 6.07) is 13.1. The molecule has 3 rings (SSSR count). The average Bonchev–Trinajstić information content (AvgIpc) is 2.80. The van der Waals surface area contributed by atoms with Crippen molar-refractivity contribution in [2.75, 3.05) is 4.90 Å². The average molecular weight is 322 g/mol. The summed E-state index contributed by atoms with van der Waals surface area (Å²) in [4.78, 5) is 33.5. The van der Waals surface area contributed by atoms with Crippen molar-refractivity contribution in [3.63, 3.8) is 0 Å². The number of imide groups is 1. The van der Waals surface area contributed by atoms with Gasteiger partial charge < -0.3 is 17.2 Å². The Hall–Kier alpha value is -3.68. The first-order valence-electron chi connectivity index (χ1n) is 6.99. The van der Waals surface area contributed by atoms with Gasteiger partial charge in [0.1, 0.15) is 0 Å². The minimum Gasteiger partial charge on any atom is -0.370 e. The van der Waals surface area contributed by atoms with E-state index in [1.54, 1.807) is 48.5 Å². The summed E-state index contributed by atoms with van der Waals surface area (Å²) in [5.74, 6) is -0.999. The van der Waals surface area contributed by atoms with Crippen molar-refractivity contribution >= 4 is 35.1 Å². The SMILES string of the molecule is NC(N)=NC(N)=Nc1ccc(N2C(=O)c3ccccc3C2=O)cc1. The molecule has 0 fully saturated rings. The molecule has 2 aromatic carbocycles. The van der Waals surface area contributed by atoms with Crippen LogP contribution < -0.4 is 22.1 Å². The lowest BCUT2D eigenvalue weighted by Gasteiger charge is -2.13. The van der Waals surface area contributed by atoms with E-state index in [-0.39, 0.29) is 23.7 Å². The van der Waals surface area contributed by atoms with Crippen molar-refractivity contribution in [2.24, 2.45) is 27.2 Å². The van der Waals surface area contributed by atoms with Crippen LogP contribution in [-0.2, 0) is 0 Å². The molecule has 1 aliphatic rings. The quantitative estimate of drug-likeness (QED) is 0.424. The zero-order chi connectivity index (χ0) is 17.3. The molecule has 8 nitrogen and oxygen atoms in total. The van der Waals surface area contributed by atoms with Gasteiger partial charge in [0.05, 0.1) is 22.5 Å². The van der Waals surface area contributed by atoms with Gasteiger partial charge >= 0.3 is 0 Å². The van der Waals surface area contributed by atoms with Crippen molar-refractivity contribution < 1.29 is 9.59 Å². The van der Waals surface area contributed by atoms with Gasteiger partial charge in [0, 0.05) is 0 Å². The van der Waals surface area contributed by atoms with Crippen LogP contribution >= 0.6 is 0 Å². The highest BCUT2D eigenvalue weighted by Crippen LogP contribution is 2.29. The topological polar surface area (TPSA) is 140 Å². The molecular formula is C16H14N6O2. The van der Waals surface area contributed by atoms with Crippen LogP contribution in [0.1, 0.15) is 20.7 Å². The Balaban J connectivity index is 1.89. The number of guanidine groups is 2. The summed E-state index contributed by atoms with van der Waals surface area (Å²) in [6.07, 6.45) is 0. The van der Waals surface area contributed by atoms with Crippen LogP contribution in [0.5, 0.6) is 0 Å². The number of hydrogen-bond acceptors (Lipinski definition) is 3. The molecule has 0 aromatic heterocycles. The fourth-order valence-corrected chi connectivity index (χ4v) is 2.39. The number of nitrogens with two attached hydrogens (primary N) is 3. The van der Waals surface area contributed by atoms with Gasteiger partial charge in [-0.3, -0.25) is 9.59 Å². The molecule has 1 heterocycles. The largest absolute Gasteiger partial charge is 0.370 e. The third-order valence-corrected chi connectivity index (χ3v) is 3.39. The van der Waals surface area contributed by atoms with E-state index in [9.17, 15) is 9.59 Å². The van der Waals surface area contributed by atoms with E-state index in [1.165, 1.54) is 0 Å². The number of aliphatic imine (C=N–C) groups is 2. The zero-order valence-corrected chi connectivity index (χ0v) is 12.5. The third-order valence-electron chi connectivity index (χ3n) is 3.39. The first-order valence-corrected chi connectivity index (χ1v) is 6.99. The normalized spacial score (nSPS) is 13.8. The maximum absolute atomic E-state index is 12.4. The van der Waals surface area contributed by atoms with Gasteiger partial charge in [0.15, 0.2) is 5.96 Å². The van der Waals surface area contributed by atoms with Crippen LogP contribution in [-0.4, -0.2) is 23.7 Å². The van der Waals surface area contributed by atoms with Crippen LogP contribution in [0.4, 0.5) is 11.4 Å². The first-order chi connectivity index (χ1) is 11.5. The van der Waals surface area contributed by atoms with Crippen LogP contribution in [0.2, 0.25) is 0 Å². The molecule has 0 bridgehead atoms. The van der Waals surface area contributed by atoms with Gasteiger partial charge in [0.2, 0.25) is 5.96 Å². The third kappa shape index (κ3) is 2.68. The van der Waals surface area contributed by atoms with Crippen molar-refractivity contribution in [3.8, 4) is 0 Å². The summed E-state index contributed by atoms with van der Waals surface area (Å²) < 4.78 is 0. The van der Waals surface area contributed by atoms with Gasteiger partial charge in [-0.25, -0.2) is 9.89 Å². The lowest BCUT2D eigenvalue weighted by atomic mass is 10.1. The molecule has 0 aliphatic carbocycles. The molecule has 2 amide bonds. The van der Waals surface area contributed by atoms with E-state index in [4.69, 9.17) is 17.2 Å². The highest BCUT2D eigenvalue weighted by atomic mass is 16.2. The monoisotopic (exact) mass is 322 g/mol. The summed E-state index contributed by atoms with van der Waals surface area (Å²) in [6.45, 7) is 0. The number of anilines is 1. The number of benzene rings is 2. The molecule has 0 atom stereocenters. The molecule has 0 radical (unpaired) electrons. The highest BCUT2D eigenvalue weighted by molar-refractivity contribution is 6.34. The number of nitrogens with zero attached hydrogens (tertiary/aromatic N) is 3. The van der Waals surface area contributed by atoms with E-state index in [2.05, 4.69) is 9.98 Å². The Morgan fingerprint density at radius 3 is 1.88 bits per heavy atom. The van der Waals surface area contributed by atoms with Gasteiger partial charge in [-0.1, -0.05) is 12.1 Å². The Morgan fingerprint density at radius 2 is 1.38 bits per heavy atom. The second-order valence-electron chi connectivity index (χ2n) is 5.01. The van der Waals surface area contributed by atoms with Crippen LogP contribution in [0, 0.1) is 0 Å². The second-order valence-corrected chi connectivity index (χ2v) is 5.01. The number of carbonyl (C=O) groups excluding carboxylic acids is 2. The van der Waals surface area contributed by atoms with E-state index in [0.717, 1.165) is 4.90 Å². The van der Waals surface area contributed by atoms with Crippen LogP contribution in [0.25, 0.3) is 0 Å². The molecule has 120 valence electrons. The summed E-state index contributed by atoms with van der Waals surface area (Å²) in [5.41, 5.74) is 17.7. The molecule has 0 unspecified atom stereocenters. The maximum atomic E-state index is 12.4. The molecule has 24 heavy (non-hydrogen) atoms. The second kappa shape index (κ2) is 5.84. The summed E-state index contributed by atoms with van der Waals surface area (Å²) in [7, 11) is 0. The lowest BCUT2D eigenvalue weighted by Crippen LogP contribution is -2.29. The Labute approximate surface area is 137 Å². The van der Waals surface area contributed by atoms with Crippen molar-refractivity contribution in [2.45, 2.75) is 0 Å². The van der Waals surface area contributed by atoms with Gasteiger partial charge in [-0.05, 0) is 36.4 Å². The Kier molecular flexibility index (Phi) is 3.70. The molecule has 8 heteroatoms. The summed E-state index contributed by atoms with van der Waals surface area (Å²) in [5, 5.41) is 0. The number of rotatable bonds is 2. The number of amides is 2. The first kappa shape index (κ1) is 15.2. The smallest absolute Gasteiger partial charge is 0.266 e. The predicted octanol–water partition coefficient (Wildman–Crippen LogP) is 0.707. The minimum absolute atomic E-state index is 0.0940. The fraction of sp³-hybridized carbons (Fsp3) is 0. The van der Waals surface area contributed by atoms with Gasteiger partial charge in [-0.2, -0.15) is 4.99 Å². The molecule has 1 aliphatic heterocycles. The highest BCUT2D eigenvalue weighted by Gasteiger charge is 2.36. The Bertz CT molecular complexity index is 847. The standard InChI is InChI=1S/C16H14N6O2/c17-15(18)21-16(19)20-9-5-7-10(8-6-9)22-13(23)11-3-1-2-4-12(11)14(22)24/h1-8H,(H6,17,18,19,20,21). The molecule has 0 spiro atoms. The lowest BCUT2D eigenvalue weighted by molar-refractivity contribution is 0.0926. The Morgan fingerprint density at radius 1 is 0.833 bits per heavy atom. The van der Waals surface area contributed by atoms with Gasteiger partial charge in [0.25, 0.3) is 11.8 Å². The van der Waals surface area contributed by atoms with Crippen LogP contribution in [0.3, 0.4) is 0 Å². The number of carbonyl (C=O) groups is 2. The zero-order valence-electron chi connectivity index (χ0n) is 12.5. The molecule has 6 N–H and O–H groups in total. The van der Waals surface area contributed by atoms with E-state index in [1.807, 2.05) is 0 Å². The molecule has 0 saturated heterocycles. The van der Waals surface area contributed by atoms with E-state index in [0.29, 0.717) is 22.5 Å². The minimum atomic E-state index is -0.355. The predicted molar refractivity (Wildman–Crippen MR) is 91.1 cm³/mol. The van der Waals surface area contributed by atoms with Crippen molar-refractivity contribution in [1.29, 1.82) is 0 Å². The van der Waals surface area contributed by atoms with E-state index < -0.39 is 0 Å². The number of hydrogen-bond donors (Lipinski definition) is 3. The summed E-state index contributed by atoms with van der Waals surface area (Å²) >= 11 is 0. The number of fused-ring (bicyclic) bond motifs is 1. The van der Waals surface area contributed by atoms with Crippen LogP contribution in [0.15, 0.2) is 58.5 Å². The van der Waals surface area contributed by atoms with Crippen molar-refractivity contribution in [3.05, 3.63) is 59.7 Å². The molecular weight excluding hydrogens is 308 g/mol.